The SMILES string of the molecule is Cc1ccc(C(C)NC2CC2c2ccccc2)c(O)c1. The molecule has 2 aromatic carbocycles. The van der Waals surface area contributed by atoms with Crippen molar-refractivity contribution in [2.75, 3.05) is 0 Å². The van der Waals surface area contributed by atoms with Gasteiger partial charge in [-0.3, -0.25) is 0 Å². The molecule has 0 spiro atoms. The molecule has 3 rings (SSSR count). The number of nitrogens with one attached hydrogen (secondary N) is 1. The average Bonchev–Trinajstić information content (AvgIpc) is 3.18. The van der Waals surface area contributed by atoms with Crippen molar-refractivity contribution >= 4 is 0 Å². The maximum absolute atomic E-state index is 10.0. The van der Waals surface area contributed by atoms with Gasteiger partial charge in [-0.1, -0.05) is 42.5 Å². The van der Waals surface area contributed by atoms with E-state index in [1.807, 2.05) is 19.1 Å². The third-order valence-corrected chi connectivity index (χ3v) is 4.13. The highest BCUT2D eigenvalue weighted by atomic mass is 16.3. The molecule has 20 heavy (non-hydrogen) atoms. The smallest absolute Gasteiger partial charge is 0.120 e. The Morgan fingerprint density at radius 1 is 1.15 bits per heavy atom. The fourth-order valence-corrected chi connectivity index (χ4v) is 2.88. The molecule has 1 saturated carbocycles. The normalized spacial score (nSPS) is 22.5. The fourth-order valence-electron chi connectivity index (χ4n) is 2.88. The summed E-state index contributed by atoms with van der Waals surface area (Å²) in [7, 11) is 0. The zero-order valence-corrected chi connectivity index (χ0v) is 12.0. The molecular formula is C18H21NO. The lowest BCUT2D eigenvalue weighted by Crippen LogP contribution is -2.22. The lowest BCUT2D eigenvalue weighted by Gasteiger charge is -2.16. The summed E-state index contributed by atoms with van der Waals surface area (Å²) in [6.45, 7) is 4.11. The van der Waals surface area contributed by atoms with Crippen molar-refractivity contribution in [2.45, 2.75) is 38.3 Å². The number of hydrogen-bond donors (Lipinski definition) is 2. The van der Waals surface area contributed by atoms with Crippen molar-refractivity contribution in [1.29, 1.82) is 0 Å². The van der Waals surface area contributed by atoms with Gasteiger partial charge in [0.1, 0.15) is 5.75 Å². The minimum Gasteiger partial charge on any atom is -0.508 e. The Morgan fingerprint density at radius 3 is 2.60 bits per heavy atom. The maximum Gasteiger partial charge on any atom is 0.120 e. The van der Waals surface area contributed by atoms with Gasteiger partial charge in [-0.15, -0.1) is 0 Å². The van der Waals surface area contributed by atoms with Gasteiger partial charge in [-0.2, -0.15) is 0 Å². The van der Waals surface area contributed by atoms with Gasteiger partial charge in [-0.05, 0) is 37.5 Å². The van der Waals surface area contributed by atoms with E-state index < -0.39 is 0 Å². The van der Waals surface area contributed by atoms with Crippen LogP contribution in [-0.4, -0.2) is 11.1 Å². The molecule has 0 bridgehead atoms. The fraction of sp³-hybridized carbons (Fsp3) is 0.333. The van der Waals surface area contributed by atoms with Gasteiger partial charge in [0.2, 0.25) is 0 Å². The van der Waals surface area contributed by atoms with Crippen LogP contribution >= 0.6 is 0 Å². The minimum atomic E-state index is 0.175. The van der Waals surface area contributed by atoms with Crippen LogP contribution < -0.4 is 5.32 Å². The summed E-state index contributed by atoms with van der Waals surface area (Å²) in [5, 5.41) is 13.7. The van der Waals surface area contributed by atoms with Gasteiger partial charge in [0.25, 0.3) is 0 Å². The first-order valence-corrected chi connectivity index (χ1v) is 7.25. The molecule has 0 saturated heterocycles. The third-order valence-electron chi connectivity index (χ3n) is 4.13. The van der Waals surface area contributed by atoms with Crippen LogP contribution in [0.1, 0.15) is 42.0 Å². The zero-order valence-electron chi connectivity index (χ0n) is 12.0. The molecule has 0 amide bonds. The molecule has 2 aromatic rings. The van der Waals surface area contributed by atoms with Gasteiger partial charge in [0, 0.05) is 23.6 Å². The van der Waals surface area contributed by atoms with Crippen LogP contribution in [-0.2, 0) is 0 Å². The van der Waals surface area contributed by atoms with E-state index in [9.17, 15) is 5.11 Å². The van der Waals surface area contributed by atoms with E-state index in [1.165, 1.54) is 12.0 Å². The van der Waals surface area contributed by atoms with E-state index in [4.69, 9.17) is 0 Å². The molecule has 2 heteroatoms. The van der Waals surface area contributed by atoms with Gasteiger partial charge in [0.05, 0.1) is 0 Å². The predicted octanol–water partition coefficient (Wildman–Crippen LogP) is 3.91. The second-order valence-corrected chi connectivity index (χ2v) is 5.81. The molecule has 0 aromatic heterocycles. The van der Waals surface area contributed by atoms with E-state index in [0.717, 1.165) is 11.1 Å². The third kappa shape index (κ3) is 2.70. The molecular weight excluding hydrogens is 246 g/mol. The molecule has 3 unspecified atom stereocenters. The minimum absolute atomic E-state index is 0.175. The second kappa shape index (κ2) is 5.29. The summed E-state index contributed by atoms with van der Waals surface area (Å²) in [6, 6.07) is 17.2. The van der Waals surface area contributed by atoms with E-state index >= 15 is 0 Å². The molecule has 2 N–H and O–H groups in total. The van der Waals surface area contributed by atoms with Crippen LogP contribution in [0.5, 0.6) is 5.75 Å². The summed E-state index contributed by atoms with van der Waals surface area (Å²) in [5.74, 6) is 1.01. The highest BCUT2D eigenvalue weighted by Crippen LogP contribution is 2.42. The quantitative estimate of drug-likeness (QED) is 0.880. The number of benzene rings is 2. The summed E-state index contributed by atoms with van der Waals surface area (Å²) in [5.41, 5.74) is 3.48. The van der Waals surface area contributed by atoms with Crippen LogP contribution in [0.25, 0.3) is 0 Å². The standard InChI is InChI=1S/C18H21NO/c1-12-8-9-15(18(20)10-12)13(2)19-17-11-16(17)14-6-4-3-5-7-14/h3-10,13,16-17,19-20H,11H2,1-2H3. The Balaban J connectivity index is 1.65. The van der Waals surface area contributed by atoms with Gasteiger partial charge in [-0.25, -0.2) is 0 Å². The van der Waals surface area contributed by atoms with Gasteiger partial charge >= 0.3 is 0 Å². The number of hydrogen-bond acceptors (Lipinski definition) is 2. The summed E-state index contributed by atoms with van der Waals surface area (Å²) >= 11 is 0. The van der Waals surface area contributed by atoms with E-state index in [-0.39, 0.29) is 6.04 Å². The predicted molar refractivity (Wildman–Crippen MR) is 82.0 cm³/mol. The Morgan fingerprint density at radius 2 is 1.90 bits per heavy atom. The molecule has 3 atom stereocenters. The van der Waals surface area contributed by atoms with Crippen molar-refractivity contribution in [3.63, 3.8) is 0 Å². The molecule has 1 aliphatic rings. The van der Waals surface area contributed by atoms with Crippen LogP contribution in [0.4, 0.5) is 0 Å². The molecule has 1 fully saturated rings. The Bertz CT molecular complexity index is 594. The van der Waals surface area contributed by atoms with Gasteiger partial charge in [0.15, 0.2) is 0 Å². The number of phenolic OH excluding ortho intramolecular Hbond substituents is 1. The topological polar surface area (TPSA) is 32.3 Å². The van der Waals surface area contributed by atoms with Crippen molar-refractivity contribution < 1.29 is 5.11 Å². The van der Waals surface area contributed by atoms with Crippen molar-refractivity contribution in [3.8, 4) is 5.75 Å². The molecule has 0 aliphatic heterocycles. The zero-order chi connectivity index (χ0) is 14.1. The first-order chi connectivity index (χ1) is 9.65. The van der Waals surface area contributed by atoms with Gasteiger partial charge < -0.3 is 10.4 Å². The second-order valence-electron chi connectivity index (χ2n) is 5.81. The molecule has 0 radical (unpaired) electrons. The number of phenols is 1. The first kappa shape index (κ1) is 13.2. The monoisotopic (exact) mass is 267 g/mol. The van der Waals surface area contributed by atoms with Crippen LogP contribution in [0, 0.1) is 6.92 Å². The van der Waals surface area contributed by atoms with Crippen LogP contribution in [0.2, 0.25) is 0 Å². The molecule has 0 heterocycles. The Kier molecular flexibility index (Phi) is 3.49. The van der Waals surface area contributed by atoms with Crippen molar-refractivity contribution in [3.05, 3.63) is 65.2 Å². The average molecular weight is 267 g/mol. The first-order valence-electron chi connectivity index (χ1n) is 7.25. The largest absolute Gasteiger partial charge is 0.508 e. The number of rotatable bonds is 4. The molecule has 104 valence electrons. The molecule has 1 aliphatic carbocycles. The Hall–Kier alpha value is -1.80. The highest BCUT2D eigenvalue weighted by molar-refractivity contribution is 5.38. The van der Waals surface area contributed by atoms with Crippen molar-refractivity contribution in [1.82, 2.24) is 5.32 Å². The highest BCUT2D eigenvalue weighted by Gasteiger charge is 2.38. The summed E-state index contributed by atoms with van der Waals surface area (Å²) in [6.07, 6.45) is 1.18. The number of aryl methyl sites for hydroxylation is 1. The van der Waals surface area contributed by atoms with Crippen molar-refractivity contribution in [2.24, 2.45) is 0 Å². The Labute approximate surface area is 120 Å². The van der Waals surface area contributed by atoms with E-state index in [1.54, 1.807) is 0 Å². The molecule has 2 nitrogen and oxygen atoms in total. The van der Waals surface area contributed by atoms with E-state index in [0.29, 0.717) is 17.7 Å². The lowest BCUT2D eigenvalue weighted by atomic mass is 10.0. The number of aromatic hydroxyl groups is 1. The van der Waals surface area contributed by atoms with E-state index in [2.05, 4.69) is 48.6 Å². The summed E-state index contributed by atoms with van der Waals surface area (Å²) in [4.78, 5) is 0. The maximum atomic E-state index is 10.0. The lowest BCUT2D eigenvalue weighted by molar-refractivity contribution is 0.451. The van der Waals surface area contributed by atoms with Crippen LogP contribution in [0.15, 0.2) is 48.5 Å². The van der Waals surface area contributed by atoms with Crippen LogP contribution in [0.3, 0.4) is 0 Å². The summed E-state index contributed by atoms with van der Waals surface area (Å²) < 4.78 is 0.